The molecule has 0 amide bonds. The topological polar surface area (TPSA) is 72.3 Å². The van der Waals surface area contributed by atoms with Crippen LogP contribution in [0.5, 0.6) is 0 Å². The van der Waals surface area contributed by atoms with Crippen LogP contribution < -0.4 is 11.5 Å². The van der Waals surface area contributed by atoms with Gasteiger partial charge in [0.2, 0.25) is 0 Å². The number of rotatable bonds is 5. The molecule has 0 spiro atoms. The number of hydrogen-bond acceptors (Lipinski definition) is 3. The van der Waals surface area contributed by atoms with Crippen LogP contribution in [-0.2, 0) is 5.72 Å². The smallest absolute Gasteiger partial charge is 0.139 e. The van der Waals surface area contributed by atoms with Crippen molar-refractivity contribution in [3.8, 4) is 0 Å². The molecule has 0 aliphatic heterocycles. The Morgan fingerprint density at radius 2 is 1.80 bits per heavy atom. The first kappa shape index (κ1) is 12.0. The van der Waals surface area contributed by atoms with Gasteiger partial charge in [-0.05, 0) is 30.5 Å². The van der Waals surface area contributed by atoms with Gasteiger partial charge in [-0.2, -0.15) is 0 Å². The Morgan fingerprint density at radius 3 is 2.33 bits per heavy atom. The Morgan fingerprint density at radius 1 is 1.20 bits per heavy atom. The number of hydrogen-bond donors (Lipinski definition) is 3. The summed E-state index contributed by atoms with van der Waals surface area (Å²) >= 11 is 0. The summed E-state index contributed by atoms with van der Waals surface area (Å²) in [6.07, 6.45) is 3.74. The van der Waals surface area contributed by atoms with E-state index in [-0.39, 0.29) is 0 Å². The van der Waals surface area contributed by atoms with Crippen LogP contribution in [0.15, 0.2) is 24.3 Å². The Kier molecular flexibility index (Phi) is 4.12. The lowest BCUT2D eigenvalue weighted by atomic mass is 9.97. The minimum absolute atomic E-state index is 0.588. The standard InChI is InChI=1S/C12H20N2O/c1-2-3-4-9-12(14,15)10-5-7-11(13)8-6-10/h5-8,15H,2-4,9,13-14H2,1H3. The molecule has 1 unspecified atom stereocenters. The van der Waals surface area contributed by atoms with Gasteiger partial charge in [0.1, 0.15) is 5.72 Å². The zero-order valence-corrected chi connectivity index (χ0v) is 9.24. The molecule has 0 bridgehead atoms. The van der Waals surface area contributed by atoms with E-state index in [0.717, 1.165) is 24.8 Å². The molecule has 0 saturated heterocycles. The van der Waals surface area contributed by atoms with Gasteiger partial charge in [0.05, 0.1) is 0 Å². The number of benzene rings is 1. The second-order valence-corrected chi connectivity index (χ2v) is 4.00. The monoisotopic (exact) mass is 208 g/mol. The van der Waals surface area contributed by atoms with Crippen molar-refractivity contribution in [1.82, 2.24) is 0 Å². The average molecular weight is 208 g/mol. The third-order valence-corrected chi connectivity index (χ3v) is 2.57. The lowest BCUT2D eigenvalue weighted by molar-refractivity contribution is 0.0316. The van der Waals surface area contributed by atoms with Gasteiger partial charge in [-0.3, -0.25) is 5.73 Å². The quantitative estimate of drug-likeness (QED) is 0.393. The van der Waals surface area contributed by atoms with Gasteiger partial charge in [0.25, 0.3) is 0 Å². The second-order valence-electron chi connectivity index (χ2n) is 4.00. The summed E-state index contributed by atoms with van der Waals surface area (Å²) in [4.78, 5) is 0. The first-order valence-corrected chi connectivity index (χ1v) is 5.43. The maximum absolute atomic E-state index is 10.0. The third-order valence-electron chi connectivity index (χ3n) is 2.57. The molecule has 0 aromatic heterocycles. The summed E-state index contributed by atoms with van der Waals surface area (Å²) in [5.74, 6) is 0. The molecule has 0 aliphatic rings. The molecule has 5 N–H and O–H groups in total. The van der Waals surface area contributed by atoms with E-state index in [1.165, 1.54) is 0 Å². The van der Waals surface area contributed by atoms with Gasteiger partial charge < -0.3 is 10.8 Å². The van der Waals surface area contributed by atoms with Crippen LogP contribution in [-0.4, -0.2) is 5.11 Å². The van der Waals surface area contributed by atoms with E-state index in [2.05, 4.69) is 6.92 Å². The van der Waals surface area contributed by atoms with Crippen LogP contribution in [0.3, 0.4) is 0 Å². The van der Waals surface area contributed by atoms with Crippen LogP contribution in [0.25, 0.3) is 0 Å². The summed E-state index contributed by atoms with van der Waals surface area (Å²) in [5, 5.41) is 10.0. The third kappa shape index (κ3) is 3.53. The Labute approximate surface area is 91.1 Å². The van der Waals surface area contributed by atoms with Crippen molar-refractivity contribution in [2.75, 3.05) is 5.73 Å². The molecule has 1 aromatic rings. The van der Waals surface area contributed by atoms with Gasteiger partial charge in [-0.25, -0.2) is 0 Å². The molecule has 3 heteroatoms. The maximum Gasteiger partial charge on any atom is 0.139 e. The van der Waals surface area contributed by atoms with Gasteiger partial charge >= 0.3 is 0 Å². The molecule has 84 valence electrons. The molecule has 1 atom stereocenters. The van der Waals surface area contributed by atoms with Crippen molar-refractivity contribution in [3.05, 3.63) is 29.8 Å². The molecule has 0 heterocycles. The molecule has 1 rings (SSSR count). The van der Waals surface area contributed by atoms with Crippen LogP contribution in [0.4, 0.5) is 5.69 Å². The largest absolute Gasteiger partial charge is 0.399 e. The molecular formula is C12H20N2O. The van der Waals surface area contributed by atoms with Crippen molar-refractivity contribution in [2.24, 2.45) is 5.73 Å². The minimum atomic E-state index is -1.22. The molecule has 0 radical (unpaired) electrons. The van der Waals surface area contributed by atoms with Crippen LogP contribution in [0, 0.1) is 0 Å². The number of nitrogens with two attached hydrogens (primary N) is 2. The normalized spacial score (nSPS) is 14.9. The minimum Gasteiger partial charge on any atom is -0.399 e. The van der Waals surface area contributed by atoms with E-state index >= 15 is 0 Å². The van der Waals surface area contributed by atoms with E-state index in [0.29, 0.717) is 12.1 Å². The fraction of sp³-hybridized carbons (Fsp3) is 0.500. The van der Waals surface area contributed by atoms with E-state index < -0.39 is 5.72 Å². The average Bonchev–Trinajstić information content (AvgIpc) is 2.18. The summed E-state index contributed by atoms with van der Waals surface area (Å²) in [6.45, 7) is 2.12. The predicted molar refractivity (Wildman–Crippen MR) is 63.1 cm³/mol. The first-order chi connectivity index (χ1) is 7.06. The highest BCUT2D eigenvalue weighted by molar-refractivity contribution is 5.40. The summed E-state index contributed by atoms with van der Waals surface area (Å²) < 4.78 is 0. The molecule has 0 fully saturated rings. The fourth-order valence-corrected chi connectivity index (χ4v) is 1.56. The Balaban J connectivity index is 2.63. The van der Waals surface area contributed by atoms with Gasteiger partial charge in [0, 0.05) is 5.69 Å². The number of anilines is 1. The maximum atomic E-state index is 10.0. The summed E-state index contributed by atoms with van der Waals surface area (Å²) in [6, 6.07) is 7.07. The Bertz CT molecular complexity index is 293. The van der Waals surface area contributed by atoms with Gasteiger partial charge in [-0.1, -0.05) is 31.9 Å². The van der Waals surface area contributed by atoms with E-state index in [1.54, 1.807) is 24.3 Å². The van der Waals surface area contributed by atoms with Crippen molar-refractivity contribution < 1.29 is 5.11 Å². The fourth-order valence-electron chi connectivity index (χ4n) is 1.56. The van der Waals surface area contributed by atoms with Crippen molar-refractivity contribution in [1.29, 1.82) is 0 Å². The zero-order valence-electron chi connectivity index (χ0n) is 9.24. The van der Waals surface area contributed by atoms with Crippen LogP contribution in [0.2, 0.25) is 0 Å². The highest BCUT2D eigenvalue weighted by Gasteiger charge is 2.22. The second kappa shape index (κ2) is 5.14. The van der Waals surface area contributed by atoms with Gasteiger partial charge in [0.15, 0.2) is 0 Å². The SMILES string of the molecule is CCCCCC(N)(O)c1ccc(N)cc1. The molecule has 0 saturated carbocycles. The van der Waals surface area contributed by atoms with Gasteiger partial charge in [-0.15, -0.1) is 0 Å². The number of unbranched alkanes of at least 4 members (excludes halogenated alkanes) is 2. The number of nitrogen functional groups attached to an aromatic ring is 1. The molecule has 0 aliphatic carbocycles. The molecule has 15 heavy (non-hydrogen) atoms. The lowest BCUT2D eigenvalue weighted by Crippen LogP contribution is -2.36. The van der Waals surface area contributed by atoms with Crippen molar-refractivity contribution in [3.63, 3.8) is 0 Å². The highest BCUT2D eigenvalue weighted by atomic mass is 16.3. The van der Waals surface area contributed by atoms with E-state index in [9.17, 15) is 5.11 Å². The van der Waals surface area contributed by atoms with Crippen molar-refractivity contribution >= 4 is 5.69 Å². The van der Waals surface area contributed by atoms with E-state index in [4.69, 9.17) is 11.5 Å². The lowest BCUT2D eigenvalue weighted by Gasteiger charge is -2.23. The molecule has 1 aromatic carbocycles. The Hall–Kier alpha value is -1.06. The van der Waals surface area contributed by atoms with E-state index in [1.807, 2.05) is 0 Å². The first-order valence-electron chi connectivity index (χ1n) is 5.43. The summed E-state index contributed by atoms with van der Waals surface area (Å²) in [7, 11) is 0. The van der Waals surface area contributed by atoms with Crippen molar-refractivity contribution in [2.45, 2.75) is 38.3 Å². The number of aliphatic hydroxyl groups is 1. The van der Waals surface area contributed by atoms with Crippen LogP contribution in [0.1, 0.15) is 38.2 Å². The predicted octanol–water partition coefficient (Wildman–Crippen LogP) is 1.95. The molecule has 3 nitrogen and oxygen atoms in total. The van der Waals surface area contributed by atoms with Crippen LogP contribution >= 0.6 is 0 Å². The highest BCUT2D eigenvalue weighted by Crippen LogP contribution is 2.22. The summed E-state index contributed by atoms with van der Waals surface area (Å²) in [5.41, 5.74) is 11.6. The zero-order chi connectivity index (χ0) is 11.3. The molecular weight excluding hydrogens is 188 g/mol.